The fraction of sp³-hybridized carbons (Fsp3) is 1.00. The fourth-order valence-corrected chi connectivity index (χ4v) is 2.83. The van der Waals surface area contributed by atoms with Gasteiger partial charge in [0.2, 0.25) is 0 Å². The van der Waals surface area contributed by atoms with Crippen molar-refractivity contribution in [2.24, 2.45) is 0 Å². The molecular weight excluding hydrogens is 238 g/mol. The second-order valence-corrected chi connectivity index (χ2v) is 6.24. The number of hydrogen-bond donors (Lipinski definition) is 2. The zero-order valence-corrected chi connectivity index (χ0v) is 12.6. The average Bonchev–Trinajstić information content (AvgIpc) is 3.27. The van der Waals surface area contributed by atoms with E-state index < -0.39 is 0 Å². The van der Waals surface area contributed by atoms with Crippen LogP contribution in [0.1, 0.15) is 39.5 Å². The smallest absolute Gasteiger partial charge is 0.0585 e. The molecule has 4 nitrogen and oxygen atoms in total. The SMILES string of the molecule is CCC(C)N1CCN(CCC(CO)NC2CC2)CC1. The van der Waals surface area contributed by atoms with E-state index in [1.54, 1.807) is 0 Å². The molecule has 2 aliphatic rings. The summed E-state index contributed by atoms with van der Waals surface area (Å²) in [6.07, 6.45) is 4.92. The average molecular weight is 269 g/mol. The predicted octanol–water partition coefficient (Wildman–Crippen LogP) is 0.906. The molecule has 2 N–H and O–H groups in total. The zero-order valence-electron chi connectivity index (χ0n) is 12.6. The molecule has 1 aliphatic carbocycles. The van der Waals surface area contributed by atoms with Crippen molar-refractivity contribution in [3.05, 3.63) is 0 Å². The van der Waals surface area contributed by atoms with Gasteiger partial charge < -0.3 is 15.3 Å². The van der Waals surface area contributed by atoms with E-state index in [1.165, 1.54) is 45.4 Å². The minimum absolute atomic E-state index is 0.281. The molecule has 0 radical (unpaired) electrons. The molecule has 2 atom stereocenters. The Morgan fingerprint density at radius 2 is 1.89 bits per heavy atom. The van der Waals surface area contributed by atoms with Crippen LogP contribution in [-0.2, 0) is 0 Å². The summed E-state index contributed by atoms with van der Waals surface area (Å²) in [6.45, 7) is 10.8. The molecule has 0 amide bonds. The molecule has 2 rings (SSSR count). The summed E-state index contributed by atoms with van der Waals surface area (Å²) in [5, 5.41) is 12.9. The van der Waals surface area contributed by atoms with Crippen molar-refractivity contribution in [1.82, 2.24) is 15.1 Å². The van der Waals surface area contributed by atoms with Crippen LogP contribution < -0.4 is 5.32 Å². The lowest BCUT2D eigenvalue weighted by atomic mass is 10.1. The van der Waals surface area contributed by atoms with Gasteiger partial charge in [-0.1, -0.05) is 6.92 Å². The molecule has 0 spiro atoms. The Hall–Kier alpha value is -0.160. The van der Waals surface area contributed by atoms with E-state index in [0.29, 0.717) is 12.1 Å². The molecule has 0 aromatic heterocycles. The third-order valence-corrected chi connectivity index (χ3v) is 4.68. The highest BCUT2D eigenvalue weighted by molar-refractivity contribution is 4.85. The Morgan fingerprint density at radius 1 is 1.21 bits per heavy atom. The quantitative estimate of drug-likeness (QED) is 0.687. The normalized spacial score (nSPS) is 25.4. The monoisotopic (exact) mass is 269 g/mol. The Morgan fingerprint density at radius 3 is 2.42 bits per heavy atom. The van der Waals surface area contributed by atoms with E-state index in [4.69, 9.17) is 0 Å². The molecule has 1 heterocycles. The maximum atomic E-state index is 9.39. The molecule has 0 aromatic rings. The van der Waals surface area contributed by atoms with E-state index in [-0.39, 0.29) is 6.61 Å². The van der Waals surface area contributed by atoms with E-state index in [0.717, 1.165) is 19.0 Å². The molecular formula is C15H31N3O. The van der Waals surface area contributed by atoms with Gasteiger partial charge in [0.05, 0.1) is 6.61 Å². The number of nitrogens with zero attached hydrogens (tertiary/aromatic N) is 2. The van der Waals surface area contributed by atoms with E-state index in [9.17, 15) is 5.11 Å². The highest BCUT2D eigenvalue weighted by atomic mass is 16.3. The lowest BCUT2D eigenvalue weighted by Gasteiger charge is -2.38. The van der Waals surface area contributed by atoms with Gasteiger partial charge in [0, 0.05) is 44.3 Å². The highest BCUT2D eigenvalue weighted by Crippen LogP contribution is 2.20. The van der Waals surface area contributed by atoms with Crippen molar-refractivity contribution in [2.45, 2.75) is 57.7 Å². The van der Waals surface area contributed by atoms with Crippen LogP contribution >= 0.6 is 0 Å². The van der Waals surface area contributed by atoms with Crippen LogP contribution in [0.25, 0.3) is 0 Å². The molecule has 112 valence electrons. The molecule has 2 unspecified atom stereocenters. The molecule has 4 heteroatoms. The van der Waals surface area contributed by atoms with Crippen LogP contribution in [0.3, 0.4) is 0 Å². The molecule has 2 fully saturated rings. The van der Waals surface area contributed by atoms with Crippen molar-refractivity contribution in [2.75, 3.05) is 39.3 Å². The Kier molecular flexibility index (Phi) is 6.07. The van der Waals surface area contributed by atoms with E-state index >= 15 is 0 Å². The Balaban J connectivity index is 1.61. The summed E-state index contributed by atoms with van der Waals surface area (Å²) in [4.78, 5) is 5.15. The van der Waals surface area contributed by atoms with Gasteiger partial charge in [0.15, 0.2) is 0 Å². The van der Waals surface area contributed by atoms with Gasteiger partial charge in [-0.3, -0.25) is 4.90 Å². The Labute approximate surface area is 118 Å². The highest BCUT2D eigenvalue weighted by Gasteiger charge is 2.25. The van der Waals surface area contributed by atoms with Crippen molar-refractivity contribution < 1.29 is 5.11 Å². The number of piperazine rings is 1. The number of rotatable bonds is 8. The standard InChI is InChI=1S/C15H31N3O/c1-3-13(2)18-10-8-17(9-11-18)7-6-15(12-19)16-14-4-5-14/h13-16,19H,3-12H2,1-2H3. The van der Waals surface area contributed by atoms with Crippen LogP contribution in [-0.4, -0.2) is 72.4 Å². The molecule has 1 saturated heterocycles. The van der Waals surface area contributed by atoms with Gasteiger partial charge in [-0.2, -0.15) is 0 Å². The first-order chi connectivity index (χ1) is 9.22. The van der Waals surface area contributed by atoms with E-state index in [1.807, 2.05) is 0 Å². The van der Waals surface area contributed by atoms with Gasteiger partial charge in [-0.25, -0.2) is 0 Å². The summed E-state index contributed by atoms with van der Waals surface area (Å²) in [6, 6.07) is 1.73. The molecule has 19 heavy (non-hydrogen) atoms. The topological polar surface area (TPSA) is 38.7 Å². The fourth-order valence-electron chi connectivity index (χ4n) is 2.83. The summed E-state index contributed by atoms with van der Waals surface area (Å²) in [5.74, 6) is 0. The van der Waals surface area contributed by atoms with Crippen LogP contribution in [0, 0.1) is 0 Å². The third-order valence-electron chi connectivity index (χ3n) is 4.68. The summed E-state index contributed by atoms with van der Waals surface area (Å²) in [5.41, 5.74) is 0. The van der Waals surface area contributed by atoms with E-state index in [2.05, 4.69) is 29.0 Å². The van der Waals surface area contributed by atoms with Gasteiger partial charge in [-0.05, 0) is 39.2 Å². The summed E-state index contributed by atoms with van der Waals surface area (Å²) >= 11 is 0. The second-order valence-electron chi connectivity index (χ2n) is 6.24. The largest absolute Gasteiger partial charge is 0.395 e. The van der Waals surface area contributed by atoms with Crippen LogP contribution in [0.2, 0.25) is 0 Å². The lowest BCUT2D eigenvalue weighted by Crippen LogP contribution is -2.50. The first-order valence-electron chi connectivity index (χ1n) is 8.06. The van der Waals surface area contributed by atoms with Crippen LogP contribution in [0.15, 0.2) is 0 Å². The van der Waals surface area contributed by atoms with Gasteiger partial charge in [-0.15, -0.1) is 0 Å². The maximum Gasteiger partial charge on any atom is 0.0585 e. The van der Waals surface area contributed by atoms with Crippen molar-refractivity contribution in [3.8, 4) is 0 Å². The van der Waals surface area contributed by atoms with Crippen molar-refractivity contribution >= 4 is 0 Å². The zero-order chi connectivity index (χ0) is 13.7. The van der Waals surface area contributed by atoms with Gasteiger partial charge >= 0.3 is 0 Å². The predicted molar refractivity (Wildman–Crippen MR) is 79.4 cm³/mol. The van der Waals surface area contributed by atoms with Crippen LogP contribution in [0.4, 0.5) is 0 Å². The van der Waals surface area contributed by atoms with Crippen LogP contribution in [0.5, 0.6) is 0 Å². The van der Waals surface area contributed by atoms with Gasteiger partial charge in [0.1, 0.15) is 0 Å². The molecule has 1 aliphatic heterocycles. The lowest BCUT2D eigenvalue weighted by molar-refractivity contribution is 0.0952. The minimum Gasteiger partial charge on any atom is -0.395 e. The van der Waals surface area contributed by atoms with Gasteiger partial charge in [0.25, 0.3) is 0 Å². The number of hydrogen-bond acceptors (Lipinski definition) is 4. The third kappa shape index (κ3) is 5.03. The maximum absolute atomic E-state index is 9.39. The number of nitrogens with one attached hydrogen (secondary N) is 1. The molecule has 0 bridgehead atoms. The van der Waals surface area contributed by atoms with Crippen molar-refractivity contribution in [1.29, 1.82) is 0 Å². The molecule has 1 saturated carbocycles. The van der Waals surface area contributed by atoms with Crippen molar-refractivity contribution in [3.63, 3.8) is 0 Å². The number of aliphatic hydroxyl groups is 1. The second kappa shape index (κ2) is 7.58. The first kappa shape index (κ1) is 15.2. The Bertz CT molecular complexity index is 250. The molecule has 0 aromatic carbocycles. The summed E-state index contributed by atoms with van der Waals surface area (Å²) < 4.78 is 0. The minimum atomic E-state index is 0.281. The number of aliphatic hydroxyl groups excluding tert-OH is 1. The summed E-state index contributed by atoms with van der Waals surface area (Å²) in [7, 11) is 0. The first-order valence-corrected chi connectivity index (χ1v) is 8.06.